The van der Waals surface area contributed by atoms with Gasteiger partial charge in [0.15, 0.2) is 5.96 Å². The molecule has 0 amide bonds. The van der Waals surface area contributed by atoms with Gasteiger partial charge >= 0.3 is 0 Å². The molecule has 1 aliphatic heterocycles. The van der Waals surface area contributed by atoms with E-state index in [0.717, 1.165) is 36.4 Å². The van der Waals surface area contributed by atoms with Crippen LogP contribution in [0.3, 0.4) is 0 Å². The summed E-state index contributed by atoms with van der Waals surface area (Å²) in [6.45, 7) is 7.09. The second kappa shape index (κ2) is 8.67. The van der Waals surface area contributed by atoms with E-state index in [1.54, 1.807) is 19.2 Å². The number of likely N-dealkylation sites (tertiary alicyclic amines) is 1. The molecule has 1 atom stereocenters. The predicted octanol–water partition coefficient (Wildman–Crippen LogP) is 2.17. The molecule has 1 saturated heterocycles. The molecule has 0 radical (unpaired) electrons. The molecule has 1 aromatic rings. The molecule has 0 aliphatic carbocycles. The molecule has 1 aliphatic rings. The van der Waals surface area contributed by atoms with Crippen LogP contribution in [0.2, 0.25) is 0 Å². The number of primary sulfonamides is 1. The van der Waals surface area contributed by atoms with Crippen molar-refractivity contribution in [3.05, 3.63) is 29.8 Å². The Morgan fingerprint density at radius 2 is 2.12 bits per heavy atom. The fourth-order valence-electron chi connectivity index (χ4n) is 3.67. The van der Waals surface area contributed by atoms with Gasteiger partial charge in [-0.3, -0.25) is 4.99 Å². The minimum absolute atomic E-state index is 0.136. The van der Waals surface area contributed by atoms with Crippen molar-refractivity contribution < 1.29 is 8.42 Å². The van der Waals surface area contributed by atoms with Crippen LogP contribution in [-0.2, 0) is 16.6 Å². The SMILES string of the molecule is CCC(CC)C1CCN(C(=NC)NCc2cccc(S(N)(=O)=O)c2)C1. The first-order valence-corrected chi connectivity index (χ1v) is 10.5. The maximum atomic E-state index is 11.5. The molecule has 0 aromatic heterocycles. The van der Waals surface area contributed by atoms with E-state index < -0.39 is 10.0 Å². The highest BCUT2D eigenvalue weighted by Gasteiger charge is 2.29. The van der Waals surface area contributed by atoms with Crippen molar-refractivity contribution in [3.8, 4) is 0 Å². The fraction of sp³-hybridized carbons (Fsp3) is 0.611. The Labute approximate surface area is 151 Å². The first-order chi connectivity index (χ1) is 11.9. The van der Waals surface area contributed by atoms with Crippen LogP contribution in [0.25, 0.3) is 0 Å². The number of aliphatic imine (C=N–C) groups is 1. The lowest BCUT2D eigenvalue weighted by molar-refractivity contribution is 0.319. The number of nitrogens with two attached hydrogens (primary N) is 1. The molecule has 1 fully saturated rings. The summed E-state index contributed by atoms with van der Waals surface area (Å²) in [5, 5.41) is 8.54. The predicted molar refractivity (Wildman–Crippen MR) is 102 cm³/mol. The molecular formula is C18H30N4O2S. The maximum Gasteiger partial charge on any atom is 0.238 e. The molecule has 25 heavy (non-hydrogen) atoms. The van der Waals surface area contributed by atoms with Crippen LogP contribution < -0.4 is 10.5 Å². The van der Waals surface area contributed by atoms with Gasteiger partial charge in [0.25, 0.3) is 0 Å². The zero-order valence-electron chi connectivity index (χ0n) is 15.4. The van der Waals surface area contributed by atoms with Crippen LogP contribution in [0.4, 0.5) is 0 Å². The van der Waals surface area contributed by atoms with E-state index in [9.17, 15) is 8.42 Å². The van der Waals surface area contributed by atoms with Crippen LogP contribution >= 0.6 is 0 Å². The lowest BCUT2D eigenvalue weighted by atomic mass is 9.87. The lowest BCUT2D eigenvalue weighted by Crippen LogP contribution is -2.40. The average molecular weight is 367 g/mol. The molecule has 1 aromatic carbocycles. The number of hydrogen-bond acceptors (Lipinski definition) is 3. The first kappa shape index (κ1) is 19.7. The molecule has 6 nitrogen and oxygen atoms in total. The van der Waals surface area contributed by atoms with Crippen LogP contribution in [0, 0.1) is 11.8 Å². The standard InChI is InChI=1S/C18H30N4O2S/c1-4-15(5-2)16-9-10-22(13-16)18(20-3)21-12-14-7-6-8-17(11-14)25(19,23)24/h6-8,11,15-16H,4-5,9-10,12-13H2,1-3H3,(H,20,21)(H2,19,23,24). The Morgan fingerprint density at radius 3 is 2.72 bits per heavy atom. The summed E-state index contributed by atoms with van der Waals surface area (Å²) in [6.07, 6.45) is 3.65. The molecule has 2 rings (SSSR count). The highest BCUT2D eigenvalue weighted by Crippen LogP contribution is 2.28. The normalized spacial score (nSPS) is 18.8. The Bertz CT molecular complexity index is 699. The second-order valence-electron chi connectivity index (χ2n) is 6.66. The average Bonchev–Trinajstić information content (AvgIpc) is 3.06. The molecule has 3 N–H and O–H groups in total. The zero-order valence-corrected chi connectivity index (χ0v) is 16.2. The Kier molecular flexibility index (Phi) is 6.84. The third-order valence-electron chi connectivity index (χ3n) is 5.13. The quantitative estimate of drug-likeness (QED) is 0.596. The van der Waals surface area contributed by atoms with E-state index in [1.807, 2.05) is 6.07 Å². The van der Waals surface area contributed by atoms with E-state index in [1.165, 1.54) is 25.3 Å². The van der Waals surface area contributed by atoms with Gasteiger partial charge in [-0.25, -0.2) is 13.6 Å². The summed E-state index contributed by atoms with van der Waals surface area (Å²) in [4.78, 5) is 6.82. The Balaban J connectivity index is 1.98. The Morgan fingerprint density at radius 1 is 1.40 bits per heavy atom. The van der Waals surface area contributed by atoms with Gasteiger partial charge in [-0.15, -0.1) is 0 Å². The van der Waals surface area contributed by atoms with Gasteiger partial charge in [-0.2, -0.15) is 0 Å². The summed E-state index contributed by atoms with van der Waals surface area (Å²) in [5.74, 6) is 2.36. The fourth-order valence-corrected chi connectivity index (χ4v) is 4.25. The number of hydrogen-bond donors (Lipinski definition) is 2. The molecule has 7 heteroatoms. The number of nitrogens with zero attached hydrogens (tertiary/aromatic N) is 2. The van der Waals surface area contributed by atoms with Crippen LogP contribution in [0.1, 0.15) is 38.7 Å². The highest BCUT2D eigenvalue weighted by molar-refractivity contribution is 7.89. The first-order valence-electron chi connectivity index (χ1n) is 8.96. The molecule has 1 unspecified atom stereocenters. The number of nitrogens with one attached hydrogen (secondary N) is 1. The van der Waals surface area contributed by atoms with E-state index in [-0.39, 0.29) is 4.90 Å². The molecule has 0 bridgehead atoms. The number of benzene rings is 1. The van der Waals surface area contributed by atoms with Crippen molar-refractivity contribution in [2.45, 2.75) is 44.6 Å². The number of rotatable bonds is 6. The smallest absolute Gasteiger partial charge is 0.238 e. The van der Waals surface area contributed by atoms with Crippen LogP contribution in [0.5, 0.6) is 0 Å². The third kappa shape index (κ3) is 5.19. The van der Waals surface area contributed by atoms with Gasteiger partial charge < -0.3 is 10.2 Å². The summed E-state index contributed by atoms with van der Waals surface area (Å²) in [6, 6.07) is 6.70. The van der Waals surface area contributed by atoms with Crippen molar-refractivity contribution >= 4 is 16.0 Å². The van der Waals surface area contributed by atoms with E-state index in [0.29, 0.717) is 6.54 Å². The number of guanidine groups is 1. The largest absolute Gasteiger partial charge is 0.352 e. The number of sulfonamides is 1. The minimum atomic E-state index is -3.68. The van der Waals surface area contributed by atoms with Gasteiger partial charge in [0, 0.05) is 26.7 Å². The molecule has 1 heterocycles. The third-order valence-corrected chi connectivity index (χ3v) is 6.04. The summed E-state index contributed by atoms with van der Waals surface area (Å²) >= 11 is 0. The van der Waals surface area contributed by atoms with Crippen molar-refractivity contribution in [1.29, 1.82) is 0 Å². The summed E-state index contributed by atoms with van der Waals surface area (Å²) < 4.78 is 22.9. The molecule has 0 spiro atoms. The Hall–Kier alpha value is -1.60. The highest BCUT2D eigenvalue weighted by atomic mass is 32.2. The van der Waals surface area contributed by atoms with Crippen molar-refractivity contribution in [2.75, 3.05) is 20.1 Å². The lowest BCUT2D eigenvalue weighted by Gasteiger charge is -2.24. The van der Waals surface area contributed by atoms with Crippen LogP contribution in [-0.4, -0.2) is 39.4 Å². The van der Waals surface area contributed by atoms with Crippen LogP contribution in [0.15, 0.2) is 34.2 Å². The van der Waals surface area contributed by atoms with Gasteiger partial charge in [0.1, 0.15) is 0 Å². The maximum absolute atomic E-state index is 11.5. The summed E-state index contributed by atoms with van der Waals surface area (Å²) in [7, 11) is -1.89. The van der Waals surface area contributed by atoms with Crippen molar-refractivity contribution in [3.63, 3.8) is 0 Å². The monoisotopic (exact) mass is 366 g/mol. The molecule has 0 saturated carbocycles. The summed E-state index contributed by atoms with van der Waals surface area (Å²) in [5.41, 5.74) is 0.864. The molecular weight excluding hydrogens is 336 g/mol. The topological polar surface area (TPSA) is 87.8 Å². The second-order valence-corrected chi connectivity index (χ2v) is 8.23. The van der Waals surface area contributed by atoms with Gasteiger partial charge in [0.05, 0.1) is 4.90 Å². The van der Waals surface area contributed by atoms with Crippen molar-refractivity contribution in [2.24, 2.45) is 22.0 Å². The minimum Gasteiger partial charge on any atom is -0.352 e. The van der Waals surface area contributed by atoms with Crippen molar-refractivity contribution in [1.82, 2.24) is 10.2 Å². The van der Waals surface area contributed by atoms with E-state index in [2.05, 4.69) is 29.1 Å². The van der Waals surface area contributed by atoms with E-state index in [4.69, 9.17) is 5.14 Å². The molecule has 140 valence electrons. The van der Waals surface area contributed by atoms with Gasteiger partial charge in [0.2, 0.25) is 10.0 Å². The van der Waals surface area contributed by atoms with Gasteiger partial charge in [-0.1, -0.05) is 38.8 Å². The van der Waals surface area contributed by atoms with Gasteiger partial charge in [-0.05, 0) is 36.0 Å². The van der Waals surface area contributed by atoms with E-state index >= 15 is 0 Å². The zero-order chi connectivity index (χ0) is 18.4.